The van der Waals surface area contributed by atoms with Gasteiger partial charge < -0.3 is 9.84 Å². The van der Waals surface area contributed by atoms with Crippen LogP contribution in [0, 0.1) is 20.2 Å². The normalized spacial score (nSPS) is 12.6. The Bertz CT molecular complexity index is 1380. The highest BCUT2D eigenvalue weighted by atomic mass is 31.2. The van der Waals surface area contributed by atoms with Crippen LogP contribution in [0.3, 0.4) is 0 Å². The molecule has 1 heterocycles. The number of rotatable bonds is 21. The van der Waals surface area contributed by atoms with Crippen LogP contribution in [0.4, 0.5) is 17.1 Å². The van der Waals surface area contributed by atoms with Gasteiger partial charge in [0.05, 0.1) is 28.3 Å². The number of ketones is 1. The van der Waals surface area contributed by atoms with Crippen LogP contribution < -0.4 is 9.84 Å². The molecule has 0 bridgehead atoms. The number of anilines is 1. The molecule has 3 rings (SSSR count). The van der Waals surface area contributed by atoms with Gasteiger partial charge in [0.15, 0.2) is 5.52 Å². The summed E-state index contributed by atoms with van der Waals surface area (Å²) in [6, 6.07) is 8.29. The molecular formula is C27H36N5O9P. The van der Waals surface area contributed by atoms with Gasteiger partial charge in [0.25, 0.3) is 5.69 Å². The van der Waals surface area contributed by atoms with E-state index in [0.29, 0.717) is 49.9 Å². The first-order valence-corrected chi connectivity index (χ1v) is 15.8. The summed E-state index contributed by atoms with van der Waals surface area (Å²) in [6.45, 7) is 2.77. The van der Waals surface area contributed by atoms with E-state index >= 15 is 0 Å². The SMILES string of the molecule is CCCCCCP(=O)(OCCCC(=O)CCCCCNc1ccc([N+](=O)[O-])c2nonc12)Oc1ccc([N+](=O)[O-])cc1. The largest absolute Gasteiger partial charge is 0.424 e. The number of nitro benzene ring substituents is 2. The lowest BCUT2D eigenvalue weighted by Gasteiger charge is -2.19. The summed E-state index contributed by atoms with van der Waals surface area (Å²) in [5.74, 6) is 0.326. The standard InChI is InChI=1S/C27H36N5O9P/c1-2-3-4-8-20-42(38,40-23-14-12-21(13-15-23)31(34)35)39-19-9-11-22(33)10-6-5-7-18-28-24-16-17-25(32(36)37)27-26(24)29-41-30-27/h12-17,28H,2-11,18-20H2,1H3. The Morgan fingerprint density at radius 1 is 0.905 bits per heavy atom. The van der Waals surface area contributed by atoms with Crippen LogP contribution in [0.5, 0.6) is 5.75 Å². The molecule has 228 valence electrons. The summed E-state index contributed by atoms with van der Waals surface area (Å²) >= 11 is 0. The number of Topliss-reactive ketones (excluding diaryl/α,β-unsaturated/α-hetero) is 1. The first kappa shape index (κ1) is 32.6. The minimum Gasteiger partial charge on any atom is -0.424 e. The lowest BCUT2D eigenvalue weighted by molar-refractivity contribution is -0.384. The number of hydrogen-bond donors (Lipinski definition) is 1. The molecule has 0 aliphatic rings. The fourth-order valence-corrected chi connectivity index (χ4v) is 5.98. The van der Waals surface area contributed by atoms with Gasteiger partial charge in [-0.25, -0.2) is 9.19 Å². The van der Waals surface area contributed by atoms with Crippen molar-refractivity contribution in [3.63, 3.8) is 0 Å². The van der Waals surface area contributed by atoms with Crippen molar-refractivity contribution in [2.45, 2.75) is 71.1 Å². The van der Waals surface area contributed by atoms with Crippen LogP contribution in [-0.2, 0) is 13.9 Å². The lowest BCUT2D eigenvalue weighted by Crippen LogP contribution is -2.06. The molecule has 0 saturated heterocycles. The van der Waals surface area contributed by atoms with Crippen LogP contribution in [0.15, 0.2) is 41.0 Å². The van der Waals surface area contributed by atoms with E-state index in [4.69, 9.17) is 9.05 Å². The third kappa shape index (κ3) is 10.2. The summed E-state index contributed by atoms with van der Waals surface area (Å²) in [5.41, 5.74) is 0.710. The van der Waals surface area contributed by atoms with E-state index in [9.17, 15) is 29.6 Å². The van der Waals surface area contributed by atoms with E-state index in [-0.39, 0.29) is 41.2 Å². The van der Waals surface area contributed by atoms with Gasteiger partial charge in [-0.05, 0) is 54.2 Å². The van der Waals surface area contributed by atoms with Crippen LogP contribution in [0.25, 0.3) is 11.0 Å². The van der Waals surface area contributed by atoms with Gasteiger partial charge in [-0.3, -0.25) is 29.5 Å². The van der Waals surface area contributed by atoms with Crippen molar-refractivity contribution in [3.05, 3.63) is 56.6 Å². The predicted molar refractivity (Wildman–Crippen MR) is 156 cm³/mol. The smallest absolute Gasteiger partial charge is 0.379 e. The fraction of sp³-hybridized carbons (Fsp3) is 0.519. The molecule has 42 heavy (non-hydrogen) atoms. The lowest BCUT2D eigenvalue weighted by atomic mass is 10.1. The van der Waals surface area contributed by atoms with Crippen molar-refractivity contribution in [2.24, 2.45) is 0 Å². The van der Waals surface area contributed by atoms with Gasteiger partial charge in [0.2, 0.25) is 5.52 Å². The predicted octanol–water partition coefficient (Wildman–Crippen LogP) is 7.23. The second-order valence-corrected chi connectivity index (χ2v) is 11.9. The number of carbonyl (C=O) groups excluding carboxylic acids is 1. The number of nitro groups is 2. The molecule has 15 heteroatoms. The van der Waals surface area contributed by atoms with Crippen molar-refractivity contribution in [1.29, 1.82) is 0 Å². The quantitative estimate of drug-likeness (QED) is 0.0555. The maximum Gasteiger partial charge on any atom is 0.379 e. The Kier molecular flexibility index (Phi) is 12.8. The second-order valence-electron chi connectivity index (χ2n) is 9.80. The fourth-order valence-electron chi connectivity index (χ4n) is 4.25. The molecule has 0 amide bonds. The monoisotopic (exact) mass is 605 g/mol. The number of aromatic nitrogens is 2. The molecular weight excluding hydrogens is 569 g/mol. The third-order valence-corrected chi connectivity index (χ3v) is 8.43. The highest BCUT2D eigenvalue weighted by Gasteiger charge is 2.26. The Hall–Kier alpha value is -3.90. The molecule has 1 N–H and O–H groups in total. The summed E-state index contributed by atoms with van der Waals surface area (Å²) in [5, 5.41) is 32.5. The van der Waals surface area contributed by atoms with E-state index in [2.05, 4.69) is 27.2 Å². The molecule has 1 atom stereocenters. The number of fused-ring (bicyclic) bond motifs is 1. The van der Waals surface area contributed by atoms with E-state index in [0.717, 1.165) is 32.1 Å². The van der Waals surface area contributed by atoms with Crippen molar-refractivity contribution < 1.29 is 32.9 Å². The third-order valence-electron chi connectivity index (χ3n) is 6.50. The van der Waals surface area contributed by atoms with Crippen LogP contribution >= 0.6 is 7.60 Å². The van der Waals surface area contributed by atoms with E-state index < -0.39 is 17.4 Å². The number of benzene rings is 2. The first-order chi connectivity index (χ1) is 20.2. The minimum absolute atomic E-state index is 0.0883. The van der Waals surface area contributed by atoms with Gasteiger partial charge in [0.1, 0.15) is 11.5 Å². The number of hydrogen-bond acceptors (Lipinski definition) is 12. The maximum absolute atomic E-state index is 13.4. The molecule has 2 aromatic carbocycles. The Morgan fingerprint density at radius 2 is 1.62 bits per heavy atom. The maximum atomic E-state index is 13.4. The summed E-state index contributed by atoms with van der Waals surface area (Å²) in [7, 11) is -3.49. The van der Waals surface area contributed by atoms with Crippen molar-refractivity contribution in [1.82, 2.24) is 10.3 Å². The topological polar surface area (TPSA) is 190 Å². The molecule has 1 unspecified atom stereocenters. The molecule has 0 aliphatic heterocycles. The van der Waals surface area contributed by atoms with Crippen LogP contribution in [-0.4, -0.2) is 45.3 Å². The Morgan fingerprint density at radius 3 is 2.33 bits per heavy atom. The molecule has 0 fully saturated rings. The van der Waals surface area contributed by atoms with Crippen LogP contribution in [0.1, 0.15) is 71.1 Å². The first-order valence-electron chi connectivity index (χ1n) is 14.1. The number of carbonyl (C=O) groups is 1. The molecule has 0 radical (unpaired) electrons. The number of unbranched alkanes of at least 4 members (excludes halogenated alkanes) is 5. The second kappa shape index (κ2) is 16.5. The van der Waals surface area contributed by atoms with Crippen molar-refractivity contribution in [2.75, 3.05) is 24.6 Å². The van der Waals surface area contributed by atoms with Gasteiger partial charge in [-0.2, -0.15) is 0 Å². The molecule has 0 spiro atoms. The zero-order chi connectivity index (χ0) is 30.4. The minimum atomic E-state index is -3.49. The van der Waals surface area contributed by atoms with Gasteiger partial charge in [0, 0.05) is 37.6 Å². The molecule has 3 aromatic rings. The van der Waals surface area contributed by atoms with Crippen molar-refractivity contribution in [3.8, 4) is 5.75 Å². The molecule has 14 nitrogen and oxygen atoms in total. The molecule has 0 aliphatic carbocycles. The Labute approximate surface area is 242 Å². The highest BCUT2D eigenvalue weighted by Crippen LogP contribution is 2.49. The molecule has 0 saturated carbocycles. The van der Waals surface area contributed by atoms with E-state index in [1.165, 1.54) is 30.3 Å². The van der Waals surface area contributed by atoms with E-state index in [1.807, 2.05) is 0 Å². The van der Waals surface area contributed by atoms with E-state index in [1.54, 1.807) is 6.07 Å². The summed E-state index contributed by atoms with van der Waals surface area (Å²) in [6.07, 6.45) is 7.22. The van der Waals surface area contributed by atoms with Crippen molar-refractivity contribution >= 4 is 41.5 Å². The number of nitrogens with zero attached hydrogens (tertiary/aromatic N) is 4. The van der Waals surface area contributed by atoms with Gasteiger partial charge in [-0.15, -0.1) is 0 Å². The number of non-ortho nitro benzene ring substituents is 2. The Balaban J connectivity index is 1.35. The zero-order valence-corrected chi connectivity index (χ0v) is 24.5. The highest BCUT2D eigenvalue weighted by molar-refractivity contribution is 7.54. The molecule has 1 aromatic heterocycles. The summed E-state index contributed by atoms with van der Waals surface area (Å²) in [4.78, 5) is 33.3. The average molecular weight is 606 g/mol. The van der Waals surface area contributed by atoms with Gasteiger partial charge >= 0.3 is 13.3 Å². The van der Waals surface area contributed by atoms with Crippen LogP contribution in [0.2, 0.25) is 0 Å². The zero-order valence-electron chi connectivity index (χ0n) is 23.6. The summed E-state index contributed by atoms with van der Waals surface area (Å²) < 4.78 is 29.4. The van der Waals surface area contributed by atoms with Gasteiger partial charge in [-0.1, -0.05) is 32.6 Å². The average Bonchev–Trinajstić information content (AvgIpc) is 3.46. The number of nitrogens with one attached hydrogen (secondary N) is 1.